The maximum Gasteiger partial charge on any atom is 0.312 e. The topological polar surface area (TPSA) is 184 Å². The molecule has 0 aromatic carbocycles. The summed E-state index contributed by atoms with van der Waals surface area (Å²) in [6.45, 7) is 60.7. The standard InChI is InChI=1S/C13H24O2.C12H22O2.C11H20O2.C11H22O2.2C10H20O2.C9H18O2/c1-4-11(3)12(14)15-13(5-2)9-7-6-8-10-13;1-4-10(3)11(13)14-12(5-2)8-6-7-9-12;1-4-9(2)10(12)13-11(3)7-5-6-8-11;1-7-10(3,4)9(12)13-11(5,6)8-2;1-7-10(5,6)8(11)12-9(2,3)4;1-6-8(3)9(11)12-10(4,5)7-2;1-6-7(2)8(10)11-9(3,4)5/h11H,4-10H2,1-3H3;10H,4-9H2,1-3H3;9H,4-8H2,1-3H3;7-8H2,1-6H3;7H2,1-6H3;8H,6-7H2,1-5H3;7H,6H2,1-5H3. The largest absolute Gasteiger partial charge is 0.460 e. The predicted molar refractivity (Wildman–Crippen MR) is 371 cm³/mol. The van der Waals surface area contributed by atoms with Gasteiger partial charge in [-0.3, -0.25) is 33.6 Å². The molecule has 0 heterocycles. The molecule has 14 heteroatoms. The van der Waals surface area contributed by atoms with Crippen molar-refractivity contribution in [3.63, 3.8) is 0 Å². The Morgan fingerprint density at radius 1 is 0.322 bits per heavy atom. The highest BCUT2D eigenvalue weighted by Gasteiger charge is 2.38. The van der Waals surface area contributed by atoms with E-state index in [1.807, 2.05) is 194 Å². The normalized spacial score (nSPS) is 17.5. The van der Waals surface area contributed by atoms with Crippen LogP contribution in [0.4, 0.5) is 0 Å². The van der Waals surface area contributed by atoms with Crippen LogP contribution in [0.25, 0.3) is 0 Å². The first-order valence-electron chi connectivity index (χ1n) is 35.7. The second-order valence-corrected chi connectivity index (χ2v) is 30.9. The molecule has 0 aliphatic heterocycles. The first kappa shape index (κ1) is 92.7. The van der Waals surface area contributed by atoms with Gasteiger partial charge in [0.1, 0.15) is 39.2 Å². The second-order valence-electron chi connectivity index (χ2n) is 30.9. The molecule has 0 bridgehead atoms. The molecule has 0 aromatic rings. The second kappa shape index (κ2) is 44.0. The summed E-state index contributed by atoms with van der Waals surface area (Å²) in [4.78, 5) is 80.6. The van der Waals surface area contributed by atoms with Crippen LogP contribution < -0.4 is 0 Å². The Labute approximate surface area is 554 Å². The molecule has 5 atom stereocenters. The van der Waals surface area contributed by atoms with Crippen LogP contribution in [0.5, 0.6) is 0 Å². The molecule has 3 saturated carbocycles. The van der Waals surface area contributed by atoms with Crippen molar-refractivity contribution < 1.29 is 66.7 Å². The van der Waals surface area contributed by atoms with E-state index in [0.717, 1.165) is 109 Å². The molecular formula is C76H146O14. The highest BCUT2D eigenvalue weighted by molar-refractivity contribution is 5.77. The van der Waals surface area contributed by atoms with E-state index in [4.69, 9.17) is 33.2 Å². The van der Waals surface area contributed by atoms with Gasteiger partial charge in [-0.25, -0.2) is 0 Å². The third-order valence-corrected chi connectivity index (χ3v) is 18.4. The highest BCUT2D eigenvalue weighted by atomic mass is 16.6. The van der Waals surface area contributed by atoms with Gasteiger partial charge in [-0.05, 0) is 252 Å². The van der Waals surface area contributed by atoms with Gasteiger partial charge in [0, 0.05) is 0 Å². The molecule has 0 spiro atoms. The van der Waals surface area contributed by atoms with Crippen molar-refractivity contribution in [1.82, 2.24) is 0 Å². The van der Waals surface area contributed by atoms with Crippen LogP contribution in [-0.2, 0) is 66.7 Å². The van der Waals surface area contributed by atoms with Crippen molar-refractivity contribution in [1.29, 1.82) is 0 Å². The first-order valence-corrected chi connectivity index (χ1v) is 35.7. The first-order chi connectivity index (χ1) is 41.1. The summed E-state index contributed by atoms with van der Waals surface area (Å²) in [7, 11) is 0. The summed E-state index contributed by atoms with van der Waals surface area (Å²) < 4.78 is 38.0. The predicted octanol–water partition coefficient (Wildman–Crippen LogP) is 21.0. The minimum atomic E-state index is -0.372. The molecule has 0 radical (unpaired) electrons. The Bertz CT molecular complexity index is 2000. The van der Waals surface area contributed by atoms with Crippen molar-refractivity contribution >= 4 is 41.8 Å². The van der Waals surface area contributed by atoms with Gasteiger partial charge in [0.2, 0.25) is 0 Å². The SMILES string of the molecule is CCC(C)(C)C(=O)OC(C)(C)C.CCC(C)(C)OC(=O)C(C)(C)CC.CCC(C)C(=O)OC(C)(C)C.CCC(C)C(=O)OC(C)(C)CC.CCC(C)C(=O)OC1(C)CCCC1.CCC(C)C(=O)OC1(CC)CCCC1.CCC(C)C(=O)OC1(CC)CCCCC1. The lowest BCUT2D eigenvalue weighted by Crippen LogP contribution is -2.38. The minimum Gasteiger partial charge on any atom is -0.460 e. The fourth-order valence-corrected chi connectivity index (χ4v) is 8.31. The molecule has 3 aliphatic carbocycles. The van der Waals surface area contributed by atoms with Crippen molar-refractivity contribution in [2.75, 3.05) is 0 Å². The lowest BCUT2D eigenvalue weighted by molar-refractivity contribution is -0.169. The molecule has 534 valence electrons. The molecule has 14 nitrogen and oxygen atoms in total. The molecule has 90 heavy (non-hydrogen) atoms. The van der Waals surface area contributed by atoms with Gasteiger partial charge >= 0.3 is 41.8 Å². The molecule has 0 aromatic heterocycles. The maximum atomic E-state index is 11.8. The smallest absolute Gasteiger partial charge is 0.312 e. The summed E-state index contributed by atoms with van der Waals surface area (Å²) >= 11 is 0. The van der Waals surface area contributed by atoms with Crippen molar-refractivity contribution in [2.45, 2.75) is 408 Å². The Kier molecular flexibility index (Phi) is 45.4. The van der Waals surface area contributed by atoms with Crippen molar-refractivity contribution in [2.24, 2.45) is 40.4 Å². The van der Waals surface area contributed by atoms with Crippen LogP contribution in [0, 0.1) is 40.4 Å². The van der Waals surface area contributed by atoms with Crippen LogP contribution in [0.2, 0.25) is 0 Å². The van der Waals surface area contributed by atoms with Crippen molar-refractivity contribution in [3.8, 4) is 0 Å². The molecule has 3 aliphatic rings. The van der Waals surface area contributed by atoms with E-state index in [1.165, 1.54) is 44.9 Å². The van der Waals surface area contributed by atoms with Crippen LogP contribution in [0.3, 0.4) is 0 Å². The molecule has 0 saturated heterocycles. The minimum absolute atomic E-state index is 0.00116. The zero-order chi connectivity index (χ0) is 71.3. The highest BCUT2D eigenvalue weighted by Crippen LogP contribution is 2.38. The van der Waals surface area contributed by atoms with Gasteiger partial charge in [-0.15, -0.1) is 0 Å². The van der Waals surface area contributed by atoms with E-state index in [1.54, 1.807) is 0 Å². The van der Waals surface area contributed by atoms with E-state index >= 15 is 0 Å². The molecular weight excluding hydrogens is 1140 g/mol. The summed E-state index contributed by atoms with van der Waals surface area (Å²) in [6.07, 6.45) is 24.4. The molecule has 3 fully saturated rings. The molecule has 0 amide bonds. The number of rotatable bonds is 23. The third kappa shape index (κ3) is 41.1. The lowest BCUT2D eigenvalue weighted by atomic mass is 9.82. The van der Waals surface area contributed by atoms with Crippen LogP contribution in [-0.4, -0.2) is 81.0 Å². The zero-order valence-electron chi connectivity index (χ0n) is 64.6. The Hall–Kier alpha value is -3.71. The Morgan fingerprint density at radius 2 is 0.578 bits per heavy atom. The third-order valence-electron chi connectivity index (χ3n) is 18.4. The fraction of sp³-hybridized carbons (Fsp3) is 0.908. The zero-order valence-corrected chi connectivity index (χ0v) is 64.6. The number of carbonyl (C=O) groups excluding carboxylic acids is 7. The fourth-order valence-electron chi connectivity index (χ4n) is 8.31. The van der Waals surface area contributed by atoms with Crippen LogP contribution in [0.15, 0.2) is 0 Å². The number of ether oxygens (including phenoxy) is 7. The van der Waals surface area contributed by atoms with Gasteiger partial charge in [0.05, 0.1) is 40.4 Å². The number of hydrogen-bond acceptors (Lipinski definition) is 14. The Balaban J connectivity index is -0.000000481. The number of esters is 7. The quantitative estimate of drug-likeness (QED) is 0.0695. The molecule has 3 rings (SSSR count). The summed E-state index contributed by atoms with van der Waals surface area (Å²) in [5.74, 6) is -0.204. The van der Waals surface area contributed by atoms with E-state index in [-0.39, 0.29) is 121 Å². The van der Waals surface area contributed by atoms with Gasteiger partial charge < -0.3 is 33.2 Å². The van der Waals surface area contributed by atoms with Gasteiger partial charge in [-0.2, -0.15) is 0 Å². The maximum absolute atomic E-state index is 11.8. The van der Waals surface area contributed by atoms with Crippen molar-refractivity contribution in [3.05, 3.63) is 0 Å². The summed E-state index contributed by atoms with van der Waals surface area (Å²) in [5, 5.41) is 0. The average Bonchev–Trinajstić information content (AvgIpc) is 3.51. The summed E-state index contributed by atoms with van der Waals surface area (Å²) in [6, 6.07) is 0. The summed E-state index contributed by atoms with van der Waals surface area (Å²) in [5.41, 5.74) is -2.45. The monoisotopic (exact) mass is 1280 g/mol. The van der Waals surface area contributed by atoms with E-state index < -0.39 is 0 Å². The average molecular weight is 1280 g/mol. The Morgan fingerprint density at radius 3 is 0.856 bits per heavy atom. The number of carbonyl (C=O) groups is 7. The van der Waals surface area contributed by atoms with E-state index in [2.05, 4.69) is 20.8 Å². The van der Waals surface area contributed by atoms with E-state index in [9.17, 15) is 33.6 Å². The van der Waals surface area contributed by atoms with Crippen LogP contribution >= 0.6 is 0 Å². The number of hydrogen-bond donors (Lipinski definition) is 0. The van der Waals surface area contributed by atoms with Crippen LogP contribution in [0.1, 0.15) is 369 Å². The lowest BCUT2D eigenvalue weighted by Gasteiger charge is -2.36. The molecule has 0 N–H and O–H groups in total. The van der Waals surface area contributed by atoms with E-state index in [0.29, 0.717) is 0 Å². The van der Waals surface area contributed by atoms with Gasteiger partial charge in [0.25, 0.3) is 0 Å². The molecule has 5 unspecified atom stereocenters. The van der Waals surface area contributed by atoms with Gasteiger partial charge in [-0.1, -0.05) is 117 Å². The van der Waals surface area contributed by atoms with Gasteiger partial charge in [0.15, 0.2) is 0 Å².